The summed E-state index contributed by atoms with van der Waals surface area (Å²) in [5, 5.41) is 9.05. The fraction of sp³-hybridized carbons (Fsp3) is 0.300. The van der Waals surface area contributed by atoms with Gasteiger partial charge in [-0.15, -0.1) is 0 Å². The topological polar surface area (TPSA) is 99.1 Å². The number of nitrogen functional groups attached to an aromatic ring is 1. The van der Waals surface area contributed by atoms with Gasteiger partial charge in [0.1, 0.15) is 12.4 Å². The van der Waals surface area contributed by atoms with E-state index in [0.717, 1.165) is 0 Å². The van der Waals surface area contributed by atoms with E-state index in [1.807, 2.05) is 6.08 Å². The van der Waals surface area contributed by atoms with Crippen molar-refractivity contribution in [3.63, 3.8) is 0 Å². The molecule has 0 fully saturated rings. The molecule has 2 aromatic heterocycles. The van der Waals surface area contributed by atoms with Gasteiger partial charge in [-0.3, -0.25) is 4.57 Å². The molecule has 94 valence electrons. The van der Waals surface area contributed by atoms with Crippen molar-refractivity contribution in [3.8, 4) is 0 Å². The Kier molecular flexibility index (Phi) is 2.77. The van der Waals surface area contributed by atoms with Crippen molar-refractivity contribution in [2.45, 2.75) is 12.3 Å². The second-order valence-corrected chi connectivity index (χ2v) is 4.52. The minimum atomic E-state index is -0.365. The SMILES string of the molecule is Nc1ncnc2c1nc(Br)n2[C@H]1C=C[C@@H](CO)O1. The number of hydrogen-bond acceptors (Lipinski definition) is 6. The zero-order valence-corrected chi connectivity index (χ0v) is 10.8. The summed E-state index contributed by atoms with van der Waals surface area (Å²) in [5.74, 6) is 0.320. The van der Waals surface area contributed by atoms with E-state index in [9.17, 15) is 0 Å². The fourth-order valence-electron chi connectivity index (χ4n) is 1.86. The zero-order valence-electron chi connectivity index (χ0n) is 9.19. The first kappa shape index (κ1) is 11.6. The van der Waals surface area contributed by atoms with Crippen LogP contribution in [0.25, 0.3) is 11.2 Å². The summed E-state index contributed by atoms with van der Waals surface area (Å²) in [6.07, 6.45) is 4.35. The van der Waals surface area contributed by atoms with Crippen LogP contribution in [0.4, 0.5) is 5.82 Å². The summed E-state index contributed by atoms with van der Waals surface area (Å²) in [5.41, 5.74) is 6.85. The lowest BCUT2D eigenvalue weighted by molar-refractivity contribution is -0.00739. The Hall–Kier alpha value is -1.51. The molecule has 0 saturated carbocycles. The maximum absolute atomic E-state index is 9.05. The second kappa shape index (κ2) is 4.30. The summed E-state index contributed by atoms with van der Waals surface area (Å²) in [4.78, 5) is 12.3. The predicted octanol–water partition coefficient (Wildman–Crippen LogP) is 0.617. The Morgan fingerprint density at radius 1 is 1.44 bits per heavy atom. The highest BCUT2D eigenvalue weighted by molar-refractivity contribution is 9.10. The van der Waals surface area contributed by atoms with E-state index in [1.165, 1.54) is 6.33 Å². The molecule has 0 saturated heterocycles. The number of anilines is 1. The van der Waals surface area contributed by atoms with Gasteiger partial charge in [0.2, 0.25) is 0 Å². The van der Waals surface area contributed by atoms with Gasteiger partial charge in [-0.1, -0.05) is 6.08 Å². The first-order valence-corrected chi connectivity index (χ1v) is 6.08. The summed E-state index contributed by atoms with van der Waals surface area (Å²) >= 11 is 3.35. The van der Waals surface area contributed by atoms with Crippen LogP contribution in [0.1, 0.15) is 6.23 Å². The molecule has 3 heterocycles. The number of fused-ring (bicyclic) bond motifs is 1. The minimum absolute atomic E-state index is 0.0611. The fourth-order valence-corrected chi connectivity index (χ4v) is 2.41. The van der Waals surface area contributed by atoms with Gasteiger partial charge in [-0.2, -0.15) is 0 Å². The van der Waals surface area contributed by atoms with Crippen molar-refractivity contribution < 1.29 is 9.84 Å². The Balaban J connectivity index is 2.10. The number of aliphatic hydroxyl groups is 1. The van der Waals surface area contributed by atoms with Crippen molar-refractivity contribution in [3.05, 3.63) is 23.2 Å². The van der Waals surface area contributed by atoms with E-state index in [2.05, 4.69) is 30.9 Å². The largest absolute Gasteiger partial charge is 0.393 e. The molecule has 2 atom stereocenters. The van der Waals surface area contributed by atoms with Crippen LogP contribution >= 0.6 is 15.9 Å². The average molecular weight is 312 g/mol. The van der Waals surface area contributed by atoms with Crippen molar-refractivity contribution >= 4 is 32.9 Å². The molecule has 1 aliphatic rings. The molecule has 0 bridgehead atoms. The molecular formula is C10H10BrN5O2. The number of ether oxygens (including phenoxy) is 1. The van der Waals surface area contributed by atoms with Crippen molar-refractivity contribution in [1.29, 1.82) is 0 Å². The van der Waals surface area contributed by atoms with Crippen molar-refractivity contribution in [2.24, 2.45) is 0 Å². The molecule has 7 nitrogen and oxygen atoms in total. The highest BCUT2D eigenvalue weighted by Gasteiger charge is 2.25. The number of nitrogens with zero attached hydrogens (tertiary/aromatic N) is 4. The van der Waals surface area contributed by atoms with Gasteiger partial charge < -0.3 is 15.6 Å². The molecule has 0 unspecified atom stereocenters. The molecule has 0 aromatic carbocycles. The molecule has 0 spiro atoms. The third-order valence-corrected chi connectivity index (χ3v) is 3.26. The number of hydrogen-bond donors (Lipinski definition) is 2. The molecule has 18 heavy (non-hydrogen) atoms. The summed E-state index contributed by atoms with van der Waals surface area (Å²) in [7, 11) is 0. The summed E-state index contributed by atoms with van der Waals surface area (Å²) < 4.78 is 7.92. The first-order chi connectivity index (χ1) is 8.70. The van der Waals surface area contributed by atoms with E-state index in [-0.39, 0.29) is 18.9 Å². The Bertz CT molecular complexity index is 626. The number of imidazole rings is 1. The molecule has 0 amide bonds. The quantitative estimate of drug-likeness (QED) is 0.623. The van der Waals surface area contributed by atoms with Gasteiger partial charge in [0.25, 0.3) is 0 Å². The lowest BCUT2D eigenvalue weighted by Crippen LogP contribution is -2.16. The van der Waals surface area contributed by atoms with Crippen LogP contribution in [0.2, 0.25) is 0 Å². The standard InChI is InChI=1S/C10H10BrN5O2/c11-10-15-7-8(12)13-4-14-9(7)16(10)6-2-1-5(3-17)18-6/h1-2,4-6,17H,3H2,(H2,12,13,14)/t5-,6+/m0/s1. The van der Waals surface area contributed by atoms with Crippen LogP contribution in [0.3, 0.4) is 0 Å². The smallest absolute Gasteiger partial charge is 0.181 e. The van der Waals surface area contributed by atoms with Gasteiger partial charge in [0.15, 0.2) is 27.9 Å². The Morgan fingerprint density at radius 2 is 2.28 bits per heavy atom. The number of halogens is 1. The van der Waals surface area contributed by atoms with Crippen LogP contribution in [0, 0.1) is 0 Å². The number of aliphatic hydroxyl groups excluding tert-OH is 1. The van der Waals surface area contributed by atoms with Gasteiger partial charge in [0.05, 0.1) is 6.61 Å². The maximum Gasteiger partial charge on any atom is 0.181 e. The molecule has 3 rings (SSSR count). The number of aromatic nitrogens is 4. The number of rotatable bonds is 2. The molecule has 0 radical (unpaired) electrons. The predicted molar refractivity (Wildman–Crippen MR) is 67.6 cm³/mol. The van der Waals surface area contributed by atoms with Crippen LogP contribution in [-0.2, 0) is 4.74 Å². The maximum atomic E-state index is 9.05. The highest BCUT2D eigenvalue weighted by Crippen LogP contribution is 2.30. The van der Waals surface area contributed by atoms with Crippen molar-refractivity contribution in [1.82, 2.24) is 19.5 Å². The third-order valence-electron chi connectivity index (χ3n) is 2.70. The van der Waals surface area contributed by atoms with Crippen molar-refractivity contribution in [2.75, 3.05) is 12.3 Å². The minimum Gasteiger partial charge on any atom is -0.393 e. The van der Waals surface area contributed by atoms with E-state index in [1.54, 1.807) is 10.6 Å². The van der Waals surface area contributed by atoms with E-state index < -0.39 is 0 Å². The third kappa shape index (κ3) is 1.69. The van der Waals surface area contributed by atoms with Gasteiger partial charge in [0, 0.05) is 0 Å². The molecular weight excluding hydrogens is 302 g/mol. The normalized spacial score (nSPS) is 23.0. The van der Waals surface area contributed by atoms with Gasteiger partial charge in [-0.05, 0) is 22.0 Å². The van der Waals surface area contributed by atoms with Gasteiger partial charge in [-0.25, -0.2) is 15.0 Å². The van der Waals surface area contributed by atoms with Crippen LogP contribution in [0.15, 0.2) is 23.2 Å². The van der Waals surface area contributed by atoms with Crippen LogP contribution < -0.4 is 5.73 Å². The number of nitrogens with two attached hydrogens (primary N) is 1. The Morgan fingerprint density at radius 3 is 3.00 bits per heavy atom. The Labute approximate surface area is 110 Å². The molecule has 2 aromatic rings. The molecule has 0 aliphatic carbocycles. The van der Waals surface area contributed by atoms with E-state index in [0.29, 0.717) is 21.7 Å². The summed E-state index contributed by atoms with van der Waals surface area (Å²) in [6.45, 7) is -0.0611. The molecule has 8 heteroatoms. The lowest BCUT2D eigenvalue weighted by atomic mass is 10.4. The van der Waals surface area contributed by atoms with E-state index in [4.69, 9.17) is 15.6 Å². The molecule has 1 aliphatic heterocycles. The second-order valence-electron chi connectivity index (χ2n) is 3.81. The molecule has 3 N–H and O–H groups in total. The lowest BCUT2D eigenvalue weighted by Gasteiger charge is -2.14. The highest BCUT2D eigenvalue weighted by atomic mass is 79.9. The van der Waals surface area contributed by atoms with Gasteiger partial charge >= 0.3 is 0 Å². The first-order valence-electron chi connectivity index (χ1n) is 5.29. The van der Waals surface area contributed by atoms with E-state index >= 15 is 0 Å². The van der Waals surface area contributed by atoms with Crippen LogP contribution in [0.5, 0.6) is 0 Å². The average Bonchev–Trinajstić information content (AvgIpc) is 2.93. The monoisotopic (exact) mass is 311 g/mol. The van der Waals surface area contributed by atoms with Crippen LogP contribution in [-0.4, -0.2) is 37.3 Å². The zero-order chi connectivity index (χ0) is 12.7. The summed E-state index contributed by atoms with van der Waals surface area (Å²) in [6, 6.07) is 0.